The fraction of sp³-hybridized carbons (Fsp3) is 0.588. The van der Waals surface area contributed by atoms with Gasteiger partial charge in [-0.3, -0.25) is 9.48 Å². The maximum absolute atomic E-state index is 12.6. The van der Waals surface area contributed by atoms with Gasteiger partial charge in [0.05, 0.1) is 23.9 Å². The number of ether oxygens (including phenoxy) is 1. The van der Waals surface area contributed by atoms with E-state index in [-0.39, 0.29) is 17.7 Å². The quantitative estimate of drug-likeness (QED) is 0.905. The van der Waals surface area contributed by atoms with Gasteiger partial charge in [-0.15, -0.1) is 0 Å². The standard InChI is InChI=1S/C17H25N5O3/c1-10-14(13-11(2)19-22(5)17(13)21(3)4)20-25-15(10)16(23)18-12-7-6-8-24-9-12/h12H,6-9H2,1-5H3,(H,18,23)/t12-/m1/s1. The summed E-state index contributed by atoms with van der Waals surface area (Å²) >= 11 is 0. The van der Waals surface area contributed by atoms with Crippen LogP contribution in [0.1, 0.15) is 34.7 Å². The highest BCUT2D eigenvalue weighted by Gasteiger charge is 2.27. The van der Waals surface area contributed by atoms with Crippen LogP contribution in [0, 0.1) is 13.8 Å². The average Bonchev–Trinajstić information content (AvgIpc) is 3.07. The third-order valence-corrected chi connectivity index (χ3v) is 4.48. The van der Waals surface area contributed by atoms with Crippen molar-refractivity contribution < 1.29 is 14.1 Å². The molecule has 2 aromatic heterocycles. The number of aromatic nitrogens is 3. The van der Waals surface area contributed by atoms with E-state index in [0.29, 0.717) is 17.9 Å². The van der Waals surface area contributed by atoms with Crippen molar-refractivity contribution in [3.8, 4) is 11.3 Å². The highest BCUT2D eigenvalue weighted by Crippen LogP contribution is 2.34. The van der Waals surface area contributed by atoms with Gasteiger partial charge in [0.15, 0.2) is 0 Å². The number of rotatable bonds is 4. The van der Waals surface area contributed by atoms with Crippen LogP contribution in [0.25, 0.3) is 11.3 Å². The highest BCUT2D eigenvalue weighted by atomic mass is 16.5. The lowest BCUT2D eigenvalue weighted by molar-refractivity contribution is 0.0608. The van der Waals surface area contributed by atoms with E-state index < -0.39 is 0 Å². The predicted molar refractivity (Wildman–Crippen MR) is 93.8 cm³/mol. The van der Waals surface area contributed by atoms with E-state index in [1.165, 1.54) is 0 Å². The Morgan fingerprint density at radius 2 is 2.12 bits per heavy atom. The number of nitrogens with zero attached hydrogens (tertiary/aromatic N) is 4. The Balaban J connectivity index is 1.90. The summed E-state index contributed by atoms with van der Waals surface area (Å²) in [6, 6.07) is 0.0201. The molecule has 0 unspecified atom stereocenters. The van der Waals surface area contributed by atoms with E-state index in [4.69, 9.17) is 9.26 Å². The first-order chi connectivity index (χ1) is 11.9. The summed E-state index contributed by atoms with van der Waals surface area (Å²) in [7, 11) is 5.79. The Kier molecular flexibility index (Phi) is 4.80. The summed E-state index contributed by atoms with van der Waals surface area (Å²) in [5, 5.41) is 11.6. The van der Waals surface area contributed by atoms with Crippen LogP contribution in [0.5, 0.6) is 0 Å². The van der Waals surface area contributed by atoms with Crippen molar-refractivity contribution in [1.29, 1.82) is 0 Å². The zero-order valence-corrected chi connectivity index (χ0v) is 15.4. The third-order valence-electron chi connectivity index (χ3n) is 4.48. The van der Waals surface area contributed by atoms with Gasteiger partial charge in [0.25, 0.3) is 5.91 Å². The largest absolute Gasteiger partial charge is 0.379 e. The van der Waals surface area contributed by atoms with E-state index in [1.807, 2.05) is 39.9 Å². The summed E-state index contributed by atoms with van der Waals surface area (Å²) in [5.74, 6) is 0.912. The molecule has 8 nitrogen and oxygen atoms in total. The fourth-order valence-corrected chi connectivity index (χ4v) is 3.32. The molecular formula is C17H25N5O3. The molecule has 25 heavy (non-hydrogen) atoms. The molecule has 1 aliphatic heterocycles. The average molecular weight is 347 g/mol. The van der Waals surface area contributed by atoms with Crippen molar-refractivity contribution in [2.45, 2.75) is 32.7 Å². The normalized spacial score (nSPS) is 17.6. The zero-order chi connectivity index (χ0) is 18.1. The molecule has 1 aliphatic rings. The second-order valence-electron chi connectivity index (χ2n) is 6.67. The summed E-state index contributed by atoms with van der Waals surface area (Å²) in [5.41, 5.74) is 3.09. The van der Waals surface area contributed by atoms with Crippen LogP contribution in [-0.2, 0) is 11.8 Å². The van der Waals surface area contributed by atoms with Crippen LogP contribution >= 0.6 is 0 Å². The predicted octanol–water partition coefficient (Wildman–Crippen LogP) is 1.67. The van der Waals surface area contributed by atoms with Gasteiger partial charge in [0.2, 0.25) is 5.76 Å². The molecule has 3 rings (SSSR count). The minimum Gasteiger partial charge on any atom is -0.379 e. The summed E-state index contributed by atoms with van der Waals surface area (Å²) in [6.07, 6.45) is 1.87. The number of carbonyl (C=O) groups is 1. The molecule has 1 amide bonds. The van der Waals surface area contributed by atoms with Crippen LogP contribution < -0.4 is 10.2 Å². The number of aryl methyl sites for hydroxylation is 2. The molecule has 3 heterocycles. The van der Waals surface area contributed by atoms with E-state index in [2.05, 4.69) is 15.6 Å². The molecule has 0 radical (unpaired) electrons. The van der Waals surface area contributed by atoms with Gasteiger partial charge in [-0.1, -0.05) is 5.16 Å². The van der Waals surface area contributed by atoms with Crippen molar-refractivity contribution in [3.05, 3.63) is 17.0 Å². The number of hydrogen-bond donors (Lipinski definition) is 1. The van der Waals surface area contributed by atoms with Gasteiger partial charge < -0.3 is 19.5 Å². The van der Waals surface area contributed by atoms with Crippen molar-refractivity contribution in [3.63, 3.8) is 0 Å². The monoisotopic (exact) mass is 347 g/mol. The summed E-state index contributed by atoms with van der Waals surface area (Å²) in [4.78, 5) is 14.5. The molecule has 0 bridgehead atoms. The summed E-state index contributed by atoms with van der Waals surface area (Å²) < 4.78 is 12.6. The molecule has 8 heteroatoms. The Hall–Kier alpha value is -2.35. The zero-order valence-electron chi connectivity index (χ0n) is 15.4. The van der Waals surface area contributed by atoms with Crippen LogP contribution in [0.4, 0.5) is 5.82 Å². The topological polar surface area (TPSA) is 85.4 Å². The van der Waals surface area contributed by atoms with Gasteiger partial charge >= 0.3 is 0 Å². The number of anilines is 1. The molecular weight excluding hydrogens is 322 g/mol. The molecule has 0 aliphatic carbocycles. The van der Waals surface area contributed by atoms with Crippen LogP contribution in [-0.4, -0.2) is 54.2 Å². The molecule has 2 aromatic rings. The SMILES string of the molecule is Cc1nn(C)c(N(C)C)c1-c1noc(C(=O)N[C@@H]2CCCOC2)c1C. The van der Waals surface area contributed by atoms with Crippen LogP contribution in [0.15, 0.2) is 4.52 Å². The first-order valence-electron chi connectivity index (χ1n) is 8.46. The van der Waals surface area contributed by atoms with E-state index >= 15 is 0 Å². The third kappa shape index (κ3) is 3.26. The molecule has 1 N–H and O–H groups in total. The lowest BCUT2D eigenvalue weighted by Gasteiger charge is -2.22. The smallest absolute Gasteiger partial charge is 0.290 e. The maximum atomic E-state index is 12.6. The van der Waals surface area contributed by atoms with E-state index in [1.54, 1.807) is 4.68 Å². The second-order valence-corrected chi connectivity index (χ2v) is 6.67. The van der Waals surface area contributed by atoms with Gasteiger partial charge in [-0.25, -0.2) is 0 Å². The van der Waals surface area contributed by atoms with Gasteiger partial charge in [0, 0.05) is 33.3 Å². The molecule has 136 valence electrons. The van der Waals surface area contributed by atoms with Crippen molar-refractivity contribution >= 4 is 11.7 Å². The summed E-state index contributed by atoms with van der Waals surface area (Å²) in [6.45, 7) is 5.07. The van der Waals surface area contributed by atoms with Gasteiger partial charge in [0.1, 0.15) is 11.5 Å². The number of carbonyl (C=O) groups excluding carboxylic acids is 1. The highest BCUT2D eigenvalue weighted by molar-refractivity contribution is 5.95. The van der Waals surface area contributed by atoms with Gasteiger partial charge in [-0.05, 0) is 26.7 Å². The minimum atomic E-state index is -0.250. The minimum absolute atomic E-state index is 0.0201. The Labute approximate surface area is 147 Å². The fourth-order valence-electron chi connectivity index (χ4n) is 3.32. The number of amides is 1. The van der Waals surface area contributed by atoms with Crippen LogP contribution in [0.2, 0.25) is 0 Å². The first kappa shape index (κ1) is 17.5. The molecule has 0 spiro atoms. The Morgan fingerprint density at radius 1 is 1.36 bits per heavy atom. The Morgan fingerprint density at radius 3 is 2.76 bits per heavy atom. The number of hydrogen-bond acceptors (Lipinski definition) is 6. The van der Waals surface area contributed by atoms with Crippen molar-refractivity contribution in [1.82, 2.24) is 20.3 Å². The van der Waals surface area contributed by atoms with Crippen LogP contribution in [0.3, 0.4) is 0 Å². The second kappa shape index (κ2) is 6.87. The van der Waals surface area contributed by atoms with E-state index in [0.717, 1.165) is 36.5 Å². The molecule has 0 aromatic carbocycles. The van der Waals surface area contributed by atoms with Gasteiger partial charge in [-0.2, -0.15) is 5.10 Å². The molecule has 1 saturated heterocycles. The van der Waals surface area contributed by atoms with Crippen molar-refractivity contribution in [2.75, 3.05) is 32.2 Å². The van der Waals surface area contributed by atoms with E-state index in [9.17, 15) is 4.79 Å². The lowest BCUT2D eigenvalue weighted by atomic mass is 10.1. The maximum Gasteiger partial charge on any atom is 0.290 e. The number of nitrogens with one attached hydrogen (secondary N) is 1. The first-order valence-corrected chi connectivity index (χ1v) is 8.46. The molecule has 1 fully saturated rings. The van der Waals surface area contributed by atoms with Crippen molar-refractivity contribution in [2.24, 2.45) is 7.05 Å². The molecule has 0 saturated carbocycles. The molecule has 1 atom stereocenters. The Bertz CT molecular complexity index is 772. The lowest BCUT2D eigenvalue weighted by Crippen LogP contribution is -2.40.